The van der Waals surface area contributed by atoms with Gasteiger partial charge in [0.25, 0.3) is 5.91 Å². The zero-order chi connectivity index (χ0) is 25.0. The predicted octanol–water partition coefficient (Wildman–Crippen LogP) is 2.77. The predicted molar refractivity (Wildman–Crippen MR) is 118 cm³/mol. The Labute approximate surface area is 198 Å². The summed E-state index contributed by atoms with van der Waals surface area (Å²) in [5.41, 5.74) is 0.586. The van der Waals surface area contributed by atoms with Crippen molar-refractivity contribution in [2.45, 2.75) is 43.4 Å². The lowest BCUT2D eigenvalue weighted by atomic mass is 9.78. The van der Waals surface area contributed by atoms with Crippen molar-refractivity contribution in [3.8, 4) is 0 Å². The van der Waals surface area contributed by atoms with Gasteiger partial charge in [-0.3, -0.25) is 24.2 Å². The van der Waals surface area contributed by atoms with Gasteiger partial charge in [-0.15, -0.1) is 0 Å². The van der Waals surface area contributed by atoms with Crippen molar-refractivity contribution < 1.29 is 32.3 Å². The van der Waals surface area contributed by atoms with Gasteiger partial charge in [0, 0.05) is 6.42 Å². The Morgan fingerprint density at radius 2 is 1.71 bits per heavy atom. The quantitative estimate of drug-likeness (QED) is 0.638. The molecular weight excluding hydrogens is 465 g/mol. The number of aryl methyl sites for hydroxylation is 1. The Balaban J connectivity index is 1.45. The van der Waals surface area contributed by atoms with Crippen molar-refractivity contribution in [3.05, 3.63) is 59.7 Å². The van der Waals surface area contributed by atoms with Crippen LogP contribution in [0.4, 0.5) is 29.3 Å². The number of fused-ring (bicyclic) bond motifs is 2. The van der Waals surface area contributed by atoms with Gasteiger partial charge in [-0.2, -0.15) is 13.2 Å². The van der Waals surface area contributed by atoms with E-state index in [-0.39, 0.29) is 17.8 Å². The van der Waals surface area contributed by atoms with E-state index in [2.05, 4.69) is 10.6 Å². The number of benzene rings is 2. The second kappa shape index (κ2) is 8.10. The number of para-hydroxylation sites is 2. The first-order valence-corrected chi connectivity index (χ1v) is 11.1. The normalized spacial score (nSPS) is 24.0. The van der Waals surface area contributed by atoms with Gasteiger partial charge in [0.15, 0.2) is 0 Å². The molecule has 1 aliphatic carbocycles. The maximum atomic E-state index is 14.0. The summed E-state index contributed by atoms with van der Waals surface area (Å²) in [6.45, 7) is -0.886. The number of hydrogen-bond donors (Lipinski definition) is 2. The molecule has 2 aromatic rings. The van der Waals surface area contributed by atoms with Gasteiger partial charge in [-0.05, 0) is 36.1 Å². The molecule has 2 heterocycles. The number of imide groups is 1. The van der Waals surface area contributed by atoms with Crippen LogP contribution in [0.2, 0.25) is 0 Å². The van der Waals surface area contributed by atoms with Crippen LogP contribution in [0, 0.1) is 0 Å². The number of carbonyl (C=O) groups is 4. The summed E-state index contributed by atoms with van der Waals surface area (Å²) in [4.78, 5) is 52.7. The third-order valence-electron chi connectivity index (χ3n) is 6.75. The maximum Gasteiger partial charge on any atom is 0.409 e. The highest BCUT2D eigenvalue weighted by Crippen LogP contribution is 2.38. The number of rotatable bonds is 2. The van der Waals surface area contributed by atoms with Crippen molar-refractivity contribution in [2.75, 3.05) is 16.8 Å². The standard InChI is InChI=1S/C24H21F3N4O4/c25-24(26,27)18-11-19(32)28-16-7-3-4-8-17(16)31(18)20(33)13-30-21(34)23(29-22(30)35)10-9-14-5-1-2-6-15(14)12-23/h1-8,18H,9-13H2,(H,28,32)(H,29,35). The van der Waals surface area contributed by atoms with Crippen molar-refractivity contribution in [1.29, 1.82) is 0 Å². The van der Waals surface area contributed by atoms with Gasteiger partial charge in [0.2, 0.25) is 11.8 Å². The Bertz CT molecular complexity index is 1250. The van der Waals surface area contributed by atoms with E-state index in [1.165, 1.54) is 24.3 Å². The van der Waals surface area contributed by atoms with Crippen LogP contribution in [0.5, 0.6) is 0 Å². The largest absolute Gasteiger partial charge is 0.409 e. The summed E-state index contributed by atoms with van der Waals surface area (Å²) >= 11 is 0. The van der Waals surface area contributed by atoms with Crippen LogP contribution in [0.15, 0.2) is 48.5 Å². The van der Waals surface area contributed by atoms with E-state index in [9.17, 15) is 32.3 Å². The van der Waals surface area contributed by atoms with Gasteiger partial charge < -0.3 is 10.6 Å². The lowest BCUT2D eigenvalue weighted by Crippen LogP contribution is -2.54. The molecule has 0 aromatic heterocycles. The van der Waals surface area contributed by atoms with E-state index in [1.807, 2.05) is 24.3 Å². The zero-order valence-electron chi connectivity index (χ0n) is 18.4. The van der Waals surface area contributed by atoms with E-state index in [4.69, 9.17) is 0 Å². The molecule has 2 aromatic carbocycles. The summed E-state index contributed by atoms with van der Waals surface area (Å²) < 4.78 is 41.9. The molecule has 5 rings (SSSR count). The minimum Gasteiger partial charge on any atom is -0.324 e. The van der Waals surface area contributed by atoms with E-state index >= 15 is 0 Å². The zero-order valence-corrected chi connectivity index (χ0v) is 18.4. The van der Waals surface area contributed by atoms with Gasteiger partial charge in [0.1, 0.15) is 18.1 Å². The molecule has 2 aliphatic heterocycles. The van der Waals surface area contributed by atoms with Crippen LogP contribution in [0.1, 0.15) is 24.0 Å². The fourth-order valence-corrected chi connectivity index (χ4v) is 5.05. The number of hydrogen-bond acceptors (Lipinski definition) is 4. The van der Waals surface area contributed by atoms with Crippen LogP contribution in [-0.2, 0) is 27.2 Å². The van der Waals surface area contributed by atoms with Crippen LogP contribution < -0.4 is 15.5 Å². The molecule has 1 spiro atoms. The van der Waals surface area contributed by atoms with E-state index in [1.54, 1.807) is 0 Å². The van der Waals surface area contributed by atoms with Gasteiger partial charge in [-0.25, -0.2) is 4.79 Å². The molecule has 0 saturated carbocycles. The number of urea groups is 1. The molecule has 3 aliphatic rings. The highest BCUT2D eigenvalue weighted by atomic mass is 19.4. The summed E-state index contributed by atoms with van der Waals surface area (Å²) in [6.07, 6.45) is -4.85. The number of amides is 5. The minimum atomic E-state index is -4.92. The number of nitrogens with one attached hydrogen (secondary N) is 2. The third kappa shape index (κ3) is 3.90. The summed E-state index contributed by atoms with van der Waals surface area (Å²) in [6, 6.07) is 9.83. The SMILES string of the molecule is O=C1CC(C(F)(F)F)N(C(=O)CN2C(=O)NC3(CCc4ccccc4C3)C2=O)c2ccccc2N1. The molecule has 2 unspecified atom stereocenters. The summed E-state index contributed by atoms with van der Waals surface area (Å²) in [5, 5.41) is 5.06. The molecule has 11 heteroatoms. The van der Waals surface area contributed by atoms with Crippen molar-refractivity contribution in [1.82, 2.24) is 10.2 Å². The lowest BCUT2D eigenvalue weighted by Gasteiger charge is -2.33. The number of carbonyl (C=O) groups excluding carboxylic acids is 4. The average molecular weight is 486 g/mol. The molecule has 5 amide bonds. The Kier molecular flexibility index (Phi) is 5.30. The molecule has 2 N–H and O–H groups in total. The van der Waals surface area contributed by atoms with Crippen LogP contribution in [0.3, 0.4) is 0 Å². The van der Waals surface area contributed by atoms with E-state index in [0.717, 1.165) is 11.1 Å². The second-order valence-electron chi connectivity index (χ2n) is 8.94. The lowest BCUT2D eigenvalue weighted by molar-refractivity contribution is -0.158. The first-order valence-electron chi connectivity index (χ1n) is 11.1. The molecule has 1 saturated heterocycles. The van der Waals surface area contributed by atoms with E-state index in [0.29, 0.717) is 22.6 Å². The minimum absolute atomic E-state index is 0.0372. The molecule has 1 fully saturated rings. The fraction of sp³-hybridized carbons (Fsp3) is 0.333. The second-order valence-corrected chi connectivity index (χ2v) is 8.94. The summed E-state index contributed by atoms with van der Waals surface area (Å²) in [7, 11) is 0. The first kappa shape index (κ1) is 22.9. The highest BCUT2D eigenvalue weighted by molar-refractivity contribution is 6.12. The molecule has 2 atom stereocenters. The Morgan fingerprint density at radius 1 is 1.03 bits per heavy atom. The molecule has 182 valence electrons. The van der Waals surface area contributed by atoms with Crippen LogP contribution >= 0.6 is 0 Å². The molecule has 0 radical (unpaired) electrons. The van der Waals surface area contributed by atoms with Crippen molar-refractivity contribution in [3.63, 3.8) is 0 Å². The molecular formula is C24H21F3N4O4. The van der Waals surface area contributed by atoms with Crippen molar-refractivity contribution >= 4 is 35.1 Å². The van der Waals surface area contributed by atoms with Gasteiger partial charge in [-0.1, -0.05) is 36.4 Å². The molecule has 8 nitrogen and oxygen atoms in total. The number of nitrogens with zero attached hydrogens (tertiary/aromatic N) is 2. The monoisotopic (exact) mass is 486 g/mol. The Morgan fingerprint density at radius 3 is 2.46 bits per heavy atom. The maximum absolute atomic E-state index is 14.0. The van der Waals surface area contributed by atoms with Crippen LogP contribution in [0.25, 0.3) is 0 Å². The average Bonchev–Trinajstić information content (AvgIpc) is 2.94. The highest BCUT2D eigenvalue weighted by Gasteiger charge is 2.54. The first-order chi connectivity index (χ1) is 16.6. The molecule has 35 heavy (non-hydrogen) atoms. The Hall–Kier alpha value is -3.89. The number of anilines is 2. The fourth-order valence-electron chi connectivity index (χ4n) is 5.05. The van der Waals surface area contributed by atoms with Gasteiger partial charge in [0.05, 0.1) is 17.8 Å². The number of halogens is 3. The number of alkyl halides is 3. The van der Waals surface area contributed by atoms with E-state index < -0.39 is 54.5 Å². The third-order valence-corrected chi connectivity index (χ3v) is 6.75. The van der Waals surface area contributed by atoms with Crippen molar-refractivity contribution in [2.24, 2.45) is 0 Å². The summed E-state index contributed by atoms with van der Waals surface area (Å²) in [5.74, 6) is -2.66. The van der Waals surface area contributed by atoms with Crippen LogP contribution in [-0.4, -0.2) is 53.0 Å². The molecule has 0 bridgehead atoms. The van der Waals surface area contributed by atoms with Gasteiger partial charge >= 0.3 is 12.2 Å². The smallest absolute Gasteiger partial charge is 0.324 e. The topological polar surface area (TPSA) is 98.8 Å².